The van der Waals surface area contributed by atoms with Crippen molar-refractivity contribution in [1.29, 1.82) is 0 Å². The van der Waals surface area contributed by atoms with Crippen LogP contribution in [0.1, 0.15) is 44.1 Å². The molecule has 130 valence electrons. The molecule has 1 aromatic carbocycles. The number of likely N-dealkylation sites (N-methyl/N-ethyl adjacent to an activating group) is 1. The minimum Gasteiger partial charge on any atom is -0.373 e. The molecule has 1 spiro atoms. The zero-order valence-corrected chi connectivity index (χ0v) is 14.5. The lowest BCUT2D eigenvalue weighted by atomic mass is 9.82. The summed E-state index contributed by atoms with van der Waals surface area (Å²) in [5.41, 5.74) is 1.19. The SMILES string of the molecule is CN(CC=Cc1ccccc1)C(=O)NC1COC2(CCCCC2)C1. The Morgan fingerprint density at radius 1 is 1.29 bits per heavy atom. The molecule has 0 radical (unpaired) electrons. The maximum absolute atomic E-state index is 12.3. The largest absolute Gasteiger partial charge is 0.373 e. The molecule has 1 aliphatic carbocycles. The third-order valence-corrected chi connectivity index (χ3v) is 5.14. The Kier molecular flexibility index (Phi) is 5.56. The first-order chi connectivity index (χ1) is 11.7. The molecule has 4 heteroatoms. The summed E-state index contributed by atoms with van der Waals surface area (Å²) >= 11 is 0. The van der Waals surface area contributed by atoms with Crippen LogP contribution in [0.4, 0.5) is 4.79 Å². The van der Waals surface area contributed by atoms with Gasteiger partial charge >= 0.3 is 6.03 Å². The second-order valence-electron chi connectivity index (χ2n) is 7.10. The first-order valence-corrected chi connectivity index (χ1v) is 9.04. The molecule has 1 heterocycles. The number of urea groups is 1. The van der Waals surface area contributed by atoms with Gasteiger partial charge in [0.1, 0.15) is 0 Å². The van der Waals surface area contributed by atoms with E-state index < -0.39 is 0 Å². The predicted octanol–water partition coefficient (Wildman–Crippen LogP) is 3.83. The molecule has 1 saturated carbocycles. The number of carbonyl (C=O) groups excluding carboxylic acids is 1. The number of nitrogens with one attached hydrogen (secondary N) is 1. The Balaban J connectivity index is 1.44. The van der Waals surface area contributed by atoms with E-state index >= 15 is 0 Å². The maximum atomic E-state index is 12.3. The summed E-state index contributed by atoms with van der Waals surface area (Å²) in [6.45, 7) is 1.25. The molecule has 4 nitrogen and oxygen atoms in total. The number of carbonyl (C=O) groups is 1. The minimum absolute atomic E-state index is 0.0193. The molecular weight excluding hydrogens is 300 g/mol. The third kappa shape index (κ3) is 4.38. The number of benzene rings is 1. The molecule has 1 N–H and O–H groups in total. The van der Waals surface area contributed by atoms with Crippen molar-refractivity contribution in [1.82, 2.24) is 10.2 Å². The van der Waals surface area contributed by atoms with Gasteiger partial charge in [0, 0.05) is 13.6 Å². The van der Waals surface area contributed by atoms with Crippen LogP contribution < -0.4 is 5.32 Å². The van der Waals surface area contributed by atoms with Crippen molar-refractivity contribution in [2.45, 2.75) is 50.2 Å². The van der Waals surface area contributed by atoms with Crippen molar-refractivity contribution in [2.75, 3.05) is 20.2 Å². The van der Waals surface area contributed by atoms with E-state index in [9.17, 15) is 4.79 Å². The lowest BCUT2D eigenvalue weighted by Gasteiger charge is -2.32. The van der Waals surface area contributed by atoms with Gasteiger partial charge in [0.05, 0.1) is 18.2 Å². The van der Waals surface area contributed by atoms with E-state index in [0.717, 1.165) is 24.8 Å². The van der Waals surface area contributed by atoms with Crippen molar-refractivity contribution in [3.8, 4) is 0 Å². The Morgan fingerprint density at radius 3 is 2.79 bits per heavy atom. The summed E-state index contributed by atoms with van der Waals surface area (Å²) < 4.78 is 6.07. The fourth-order valence-corrected chi connectivity index (χ4v) is 3.76. The summed E-state index contributed by atoms with van der Waals surface area (Å²) in [6, 6.07) is 10.3. The van der Waals surface area contributed by atoms with Gasteiger partial charge in [-0.3, -0.25) is 0 Å². The van der Waals surface area contributed by atoms with Crippen LogP contribution in [0.3, 0.4) is 0 Å². The molecule has 2 aliphatic rings. The van der Waals surface area contributed by atoms with Crippen molar-refractivity contribution in [2.24, 2.45) is 0 Å². The molecule has 0 bridgehead atoms. The number of nitrogens with zero attached hydrogens (tertiary/aromatic N) is 1. The maximum Gasteiger partial charge on any atom is 0.317 e. The van der Waals surface area contributed by atoms with E-state index in [1.807, 2.05) is 37.4 Å². The monoisotopic (exact) mass is 328 g/mol. The van der Waals surface area contributed by atoms with Gasteiger partial charge in [-0.1, -0.05) is 61.7 Å². The van der Waals surface area contributed by atoms with Crippen LogP contribution in [0.15, 0.2) is 36.4 Å². The summed E-state index contributed by atoms with van der Waals surface area (Å²) in [5, 5.41) is 3.13. The highest BCUT2D eigenvalue weighted by Gasteiger charge is 2.41. The molecular formula is C20H28N2O2. The number of amides is 2. The highest BCUT2D eigenvalue weighted by molar-refractivity contribution is 5.74. The van der Waals surface area contributed by atoms with Gasteiger partial charge in [0.2, 0.25) is 0 Å². The van der Waals surface area contributed by atoms with E-state index in [1.54, 1.807) is 4.90 Å². The molecule has 1 unspecified atom stereocenters. The van der Waals surface area contributed by atoms with E-state index in [0.29, 0.717) is 13.2 Å². The number of hydrogen-bond donors (Lipinski definition) is 1. The third-order valence-electron chi connectivity index (χ3n) is 5.14. The van der Waals surface area contributed by atoms with Gasteiger partial charge in [-0.15, -0.1) is 0 Å². The van der Waals surface area contributed by atoms with Crippen molar-refractivity contribution < 1.29 is 9.53 Å². The second kappa shape index (κ2) is 7.84. The Morgan fingerprint density at radius 2 is 2.04 bits per heavy atom. The van der Waals surface area contributed by atoms with Gasteiger partial charge in [0.25, 0.3) is 0 Å². The summed E-state index contributed by atoms with van der Waals surface area (Å²) in [6.07, 6.45) is 11.1. The molecule has 1 atom stereocenters. The van der Waals surface area contributed by atoms with Crippen molar-refractivity contribution in [3.63, 3.8) is 0 Å². The molecule has 2 fully saturated rings. The molecule has 1 saturated heterocycles. The van der Waals surface area contributed by atoms with Crippen LogP contribution in [0, 0.1) is 0 Å². The molecule has 0 aromatic heterocycles. The minimum atomic E-state index is -0.0193. The molecule has 1 aromatic rings. The fourth-order valence-electron chi connectivity index (χ4n) is 3.76. The highest BCUT2D eigenvalue weighted by Crippen LogP contribution is 2.39. The highest BCUT2D eigenvalue weighted by atomic mass is 16.5. The van der Waals surface area contributed by atoms with Gasteiger partial charge in [-0.25, -0.2) is 4.79 Å². The summed E-state index contributed by atoms with van der Waals surface area (Å²) in [4.78, 5) is 14.1. The van der Waals surface area contributed by atoms with Gasteiger partial charge in [-0.2, -0.15) is 0 Å². The quantitative estimate of drug-likeness (QED) is 0.912. The van der Waals surface area contributed by atoms with E-state index in [-0.39, 0.29) is 17.7 Å². The van der Waals surface area contributed by atoms with E-state index in [1.165, 1.54) is 19.3 Å². The molecule has 3 rings (SSSR count). The topological polar surface area (TPSA) is 41.6 Å². The predicted molar refractivity (Wildman–Crippen MR) is 96.8 cm³/mol. The fraction of sp³-hybridized carbons (Fsp3) is 0.550. The molecule has 24 heavy (non-hydrogen) atoms. The van der Waals surface area contributed by atoms with Crippen molar-refractivity contribution >= 4 is 12.1 Å². The van der Waals surface area contributed by atoms with Crippen LogP contribution in [-0.4, -0.2) is 42.8 Å². The Labute approximate surface area is 144 Å². The Hall–Kier alpha value is -1.81. The normalized spacial score (nSPS) is 22.8. The average molecular weight is 328 g/mol. The van der Waals surface area contributed by atoms with Crippen LogP contribution in [0.2, 0.25) is 0 Å². The van der Waals surface area contributed by atoms with Crippen molar-refractivity contribution in [3.05, 3.63) is 42.0 Å². The zero-order chi connectivity index (χ0) is 16.8. The van der Waals surface area contributed by atoms with Gasteiger partial charge in [0.15, 0.2) is 0 Å². The van der Waals surface area contributed by atoms with E-state index in [4.69, 9.17) is 4.74 Å². The second-order valence-corrected chi connectivity index (χ2v) is 7.10. The van der Waals surface area contributed by atoms with Crippen LogP contribution in [0.5, 0.6) is 0 Å². The number of rotatable bonds is 4. The lowest BCUT2D eigenvalue weighted by Crippen LogP contribution is -2.44. The van der Waals surface area contributed by atoms with Crippen LogP contribution in [-0.2, 0) is 4.74 Å². The lowest BCUT2D eigenvalue weighted by molar-refractivity contribution is -0.0246. The van der Waals surface area contributed by atoms with Crippen LogP contribution in [0.25, 0.3) is 6.08 Å². The number of ether oxygens (including phenoxy) is 1. The smallest absolute Gasteiger partial charge is 0.317 e. The standard InChI is InChI=1S/C20H28N2O2/c1-22(14-8-11-17-9-4-2-5-10-17)19(23)21-18-15-20(24-16-18)12-6-3-7-13-20/h2,4-5,8-11,18H,3,6-7,12-16H2,1H3,(H,21,23). The molecule has 1 aliphatic heterocycles. The van der Waals surface area contributed by atoms with Gasteiger partial charge < -0.3 is 15.0 Å². The first kappa shape index (κ1) is 17.0. The van der Waals surface area contributed by atoms with E-state index in [2.05, 4.69) is 17.4 Å². The first-order valence-electron chi connectivity index (χ1n) is 9.04. The zero-order valence-electron chi connectivity index (χ0n) is 14.5. The summed E-state index contributed by atoms with van der Waals surface area (Å²) in [7, 11) is 1.83. The van der Waals surface area contributed by atoms with Gasteiger partial charge in [-0.05, 0) is 24.8 Å². The summed E-state index contributed by atoms with van der Waals surface area (Å²) in [5.74, 6) is 0. The van der Waals surface area contributed by atoms with Crippen LogP contribution >= 0.6 is 0 Å². The number of hydrogen-bond acceptors (Lipinski definition) is 2. The Bertz CT molecular complexity index is 564. The molecule has 2 amide bonds. The average Bonchev–Trinajstić information content (AvgIpc) is 2.98.